The summed E-state index contributed by atoms with van der Waals surface area (Å²) in [6, 6.07) is 22.4. The number of carbonyl (C=O) groups is 1. The molecule has 168 valence electrons. The predicted molar refractivity (Wildman–Crippen MR) is 130 cm³/mol. The molecule has 0 aliphatic rings. The molecule has 0 aliphatic heterocycles. The molecule has 1 aromatic heterocycles. The number of para-hydroxylation sites is 1. The zero-order valence-electron chi connectivity index (χ0n) is 17.7. The zero-order valence-corrected chi connectivity index (χ0v) is 19.3. The number of aryl methyl sites for hydroxylation is 1. The van der Waals surface area contributed by atoms with Crippen LogP contribution in [0.5, 0.6) is 0 Å². The van der Waals surface area contributed by atoms with Gasteiger partial charge in [0.25, 0.3) is 5.91 Å². The van der Waals surface area contributed by atoms with Gasteiger partial charge in [-0.3, -0.25) is 9.48 Å². The van der Waals surface area contributed by atoms with Crippen LogP contribution in [-0.2, 0) is 16.6 Å². The number of hydrogen-bond donors (Lipinski definition) is 2. The molecule has 0 unspecified atom stereocenters. The summed E-state index contributed by atoms with van der Waals surface area (Å²) in [5.74, 6) is -0.312. The fraction of sp³-hybridized carbons (Fsp3) is 0.0833. The maximum absolute atomic E-state index is 13.4. The lowest BCUT2D eigenvalue weighted by Gasteiger charge is -2.10. The highest BCUT2D eigenvalue weighted by molar-refractivity contribution is 7.89. The Morgan fingerprint density at radius 3 is 2.15 bits per heavy atom. The molecule has 3 N–H and O–H groups in total. The van der Waals surface area contributed by atoms with Crippen LogP contribution in [-0.4, -0.2) is 24.1 Å². The molecule has 9 heteroatoms. The number of hydrogen-bond acceptors (Lipinski definition) is 4. The van der Waals surface area contributed by atoms with Crippen LogP contribution < -0.4 is 10.5 Å². The maximum atomic E-state index is 13.4. The highest BCUT2D eigenvalue weighted by atomic mass is 35.5. The van der Waals surface area contributed by atoms with Crippen molar-refractivity contribution in [1.82, 2.24) is 9.78 Å². The van der Waals surface area contributed by atoms with Crippen LogP contribution in [0.15, 0.2) is 83.8 Å². The fourth-order valence-electron chi connectivity index (χ4n) is 3.53. The first kappa shape index (κ1) is 22.7. The lowest BCUT2D eigenvalue weighted by Crippen LogP contribution is -2.18. The van der Waals surface area contributed by atoms with Gasteiger partial charge in [-0.05, 0) is 48.9 Å². The summed E-state index contributed by atoms with van der Waals surface area (Å²) in [6.45, 7) is 2.35. The molecule has 3 aromatic carbocycles. The number of benzene rings is 3. The van der Waals surface area contributed by atoms with Gasteiger partial charge in [-0.15, -0.1) is 0 Å². The molecule has 0 saturated heterocycles. The second-order valence-corrected chi connectivity index (χ2v) is 9.28. The minimum atomic E-state index is -3.83. The average molecular weight is 481 g/mol. The molecular formula is C24H21ClN4O3S. The molecule has 0 atom stereocenters. The molecular weight excluding hydrogens is 460 g/mol. The molecule has 0 saturated carbocycles. The summed E-state index contributed by atoms with van der Waals surface area (Å²) in [6.07, 6.45) is 0. The first-order valence-electron chi connectivity index (χ1n) is 10.1. The Morgan fingerprint density at radius 1 is 0.970 bits per heavy atom. The third-order valence-corrected chi connectivity index (χ3v) is 6.27. The Labute approximate surface area is 196 Å². The van der Waals surface area contributed by atoms with E-state index in [1.54, 1.807) is 41.1 Å². The van der Waals surface area contributed by atoms with E-state index in [2.05, 4.69) is 5.32 Å². The van der Waals surface area contributed by atoms with E-state index in [0.717, 1.165) is 5.56 Å². The van der Waals surface area contributed by atoms with Crippen LogP contribution in [0.1, 0.15) is 17.4 Å². The first-order chi connectivity index (χ1) is 15.8. The first-order valence-corrected chi connectivity index (χ1v) is 12.1. The van der Waals surface area contributed by atoms with Crippen molar-refractivity contribution in [2.75, 3.05) is 5.32 Å². The minimum absolute atomic E-state index is 0.00346. The number of carbonyl (C=O) groups excluding carboxylic acids is 1. The van der Waals surface area contributed by atoms with Crippen molar-refractivity contribution in [3.05, 3.63) is 89.6 Å². The van der Waals surface area contributed by atoms with Crippen molar-refractivity contribution >= 4 is 33.2 Å². The van der Waals surface area contributed by atoms with Crippen molar-refractivity contribution in [2.24, 2.45) is 5.14 Å². The lowest BCUT2D eigenvalue weighted by molar-refractivity contribution is 0.101. The Bertz CT molecular complexity index is 1400. The van der Waals surface area contributed by atoms with E-state index in [-0.39, 0.29) is 10.8 Å². The molecule has 0 bridgehead atoms. The van der Waals surface area contributed by atoms with Crippen molar-refractivity contribution in [1.29, 1.82) is 0 Å². The highest BCUT2D eigenvalue weighted by Gasteiger charge is 2.25. The molecule has 0 spiro atoms. The molecule has 1 heterocycles. The number of nitrogens with two attached hydrogens (primary N) is 1. The molecule has 4 rings (SSSR count). The average Bonchev–Trinajstić information content (AvgIpc) is 3.19. The van der Waals surface area contributed by atoms with E-state index in [1.165, 1.54) is 12.1 Å². The van der Waals surface area contributed by atoms with Gasteiger partial charge in [0, 0.05) is 28.4 Å². The third-order valence-electron chi connectivity index (χ3n) is 5.09. The molecule has 4 aromatic rings. The topological polar surface area (TPSA) is 107 Å². The van der Waals surface area contributed by atoms with E-state index in [0.29, 0.717) is 39.8 Å². The second-order valence-electron chi connectivity index (χ2n) is 7.28. The number of nitrogens with one attached hydrogen (secondary N) is 1. The summed E-state index contributed by atoms with van der Waals surface area (Å²) < 4.78 is 25.0. The van der Waals surface area contributed by atoms with Gasteiger partial charge in [0.15, 0.2) is 0 Å². The Morgan fingerprint density at radius 2 is 1.58 bits per heavy atom. The summed E-state index contributed by atoms with van der Waals surface area (Å²) in [5.41, 5.74) is 3.60. The van der Waals surface area contributed by atoms with Crippen molar-refractivity contribution in [3.63, 3.8) is 0 Å². The van der Waals surface area contributed by atoms with Crippen molar-refractivity contribution in [3.8, 4) is 22.4 Å². The number of anilines is 1. The number of sulfonamides is 1. The quantitative estimate of drug-likeness (QED) is 0.413. The Balaban J connectivity index is 1.90. The molecule has 7 nitrogen and oxygen atoms in total. The predicted octanol–water partition coefficient (Wildman–Crippen LogP) is 4.79. The normalized spacial score (nSPS) is 11.4. The molecule has 1 amide bonds. The van der Waals surface area contributed by atoms with E-state index < -0.39 is 10.0 Å². The van der Waals surface area contributed by atoms with Gasteiger partial charge in [-0.25, -0.2) is 13.6 Å². The lowest BCUT2D eigenvalue weighted by atomic mass is 9.98. The zero-order chi connectivity index (χ0) is 23.6. The van der Waals surface area contributed by atoms with Crippen LogP contribution in [0, 0.1) is 0 Å². The van der Waals surface area contributed by atoms with Crippen LogP contribution >= 0.6 is 11.6 Å². The number of halogens is 1. The summed E-state index contributed by atoms with van der Waals surface area (Å²) in [4.78, 5) is 13.4. The van der Waals surface area contributed by atoms with E-state index in [1.807, 2.05) is 37.3 Å². The van der Waals surface area contributed by atoms with Gasteiger partial charge in [0.1, 0.15) is 11.4 Å². The van der Waals surface area contributed by atoms with Gasteiger partial charge in [-0.2, -0.15) is 5.10 Å². The Hall–Kier alpha value is -3.46. The van der Waals surface area contributed by atoms with Crippen LogP contribution in [0.4, 0.5) is 5.69 Å². The standard InChI is InChI=1S/C24H21ClN4O3S/c1-2-29-23(24(30)27-19-6-4-3-5-7-19)21(16-8-12-18(25)13-9-16)22(28-29)17-10-14-20(15-11-17)33(26,31)32/h3-15H,2H2,1H3,(H,27,30)(H2,26,31,32). The second kappa shape index (κ2) is 9.19. The molecule has 0 aliphatic carbocycles. The largest absolute Gasteiger partial charge is 0.321 e. The summed E-state index contributed by atoms with van der Waals surface area (Å²) >= 11 is 6.09. The van der Waals surface area contributed by atoms with E-state index in [9.17, 15) is 13.2 Å². The summed E-state index contributed by atoms with van der Waals surface area (Å²) in [7, 11) is -3.83. The van der Waals surface area contributed by atoms with Gasteiger partial charge >= 0.3 is 0 Å². The van der Waals surface area contributed by atoms with Crippen LogP contribution in [0.3, 0.4) is 0 Å². The van der Waals surface area contributed by atoms with Gasteiger partial charge < -0.3 is 5.32 Å². The third kappa shape index (κ3) is 4.83. The number of nitrogens with zero attached hydrogens (tertiary/aromatic N) is 2. The van der Waals surface area contributed by atoms with E-state index in [4.69, 9.17) is 21.8 Å². The Kier molecular flexibility index (Phi) is 6.33. The molecule has 33 heavy (non-hydrogen) atoms. The number of amides is 1. The number of primary sulfonamides is 1. The van der Waals surface area contributed by atoms with Crippen molar-refractivity contribution < 1.29 is 13.2 Å². The fourth-order valence-corrected chi connectivity index (χ4v) is 4.17. The van der Waals surface area contributed by atoms with E-state index >= 15 is 0 Å². The maximum Gasteiger partial charge on any atom is 0.274 e. The number of aromatic nitrogens is 2. The number of rotatable bonds is 6. The van der Waals surface area contributed by atoms with Gasteiger partial charge in [0.2, 0.25) is 10.0 Å². The van der Waals surface area contributed by atoms with Crippen molar-refractivity contribution in [2.45, 2.75) is 18.4 Å². The minimum Gasteiger partial charge on any atom is -0.321 e. The molecule has 0 radical (unpaired) electrons. The monoisotopic (exact) mass is 480 g/mol. The SMILES string of the molecule is CCn1nc(-c2ccc(S(N)(=O)=O)cc2)c(-c2ccc(Cl)cc2)c1C(=O)Nc1ccccc1. The van der Waals surface area contributed by atoms with Gasteiger partial charge in [0.05, 0.1) is 4.90 Å². The van der Waals surface area contributed by atoms with Crippen LogP contribution in [0.2, 0.25) is 5.02 Å². The molecule has 0 fully saturated rings. The van der Waals surface area contributed by atoms with Crippen LogP contribution in [0.25, 0.3) is 22.4 Å². The van der Waals surface area contributed by atoms with Gasteiger partial charge in [-0.1, -0.05) is 54.1 Å². The summed E-state index contributed by atoms with van der Waals surface area (Å²) in [5, 5.41) is 13.4. The smallest absolute Gasteiger partial charge is 0.274 e. The highest BCUT2D eigenvalue weighted by Crippen LogP contribution is 2.36.